The van der Waals surface area contributed by atoms with Crippen molar-refractivity contribution in [3.8, 4) is 0 Å². The minimum absolute atomic E-state index is 0.0835. The predicted molar refractivity (Wildman–Crippen MR) is 75.1 cm³/mol. The van der Waals surface area contributed by atoms with Gasteiger partial charge in [0.15, 0.2) is 13.2 Å². The van der Waals surface area contributed by atoms with Gasteiger partial charge in [-0.2, -0.15) is 26.3 Å². The van der Waals surface area contributed by atoms with Crippen LogP contribution in [0.5, 0.6) is 0 Å². The lowest BCUT2D eigenvalue weighted by molar-refractivity contribution is -0.166. The van der Waals surface area contributed by atoms with Crippen LogP contribution >= 0.6 is 7.60 Å². The average molecular weight is 417 g/mol. The maximum atomic E-state index is 12.3. The Balaban J connectivity index is 5.35. The number of carbonyl (C=O) groups excluding carboxylic acids is 2. The molecule has 14 heteroatoms. The number of hydrogen-bond acceptors (Lipinski definition) is 6. The van der Waals surface area contributed by atoms with Gasteiger partial charge in [-0.15, -0.1) is 0 Å². The normalized spacial score (nSPS) is 12.8. The van der Waals surface area contributed by atoms with Gasteiger partial charge >= 0.3 is 25.9 Å². The van der Waals surface area contributed by atoms with Gasteiger partial charge in [0.25, 0.3) is 0 Å². The van der Waals surface area contributed by atoms with Gasteiger partial charge in [0.1, 0.15) is 12.8 Å². The van der Waals surface area contributed by atoms with E-state index in [1.54, 1.807) is 0 Å². The smallest absolute Gasteiger partial charge is 0.412 e. The van der Waals surface area contributed by atoms with Crippen LogP contribution in [0.25, 0.3) is 0 Å². The number of ether oxygens (including phenoxy) is 1. The molecule has 0 saturated carbocycles. The zero-order chi connectivity index (χ0) is 20.6. The van der Waals surface area contributed by atoms with Gasteiger partial charge < -0.3 is 9.64 Å². The van der Waals surface area contributed by atoms with Crippen molar-refractivity contribution >= 4 is 19.5 Å². The van der Waals surface area contributed by atoms with E-state index in [-0.39, 0.29) is 13.0 Å². The van der Waals surface area contributed by atoms with E-state index >= 15 is 0 Å². The van der Waals surface area contributed by atoms with Crippen molar-refractivity contribution in [3.63, 3.8) is 0 Å². The van der Waals surface area contributed by atoms with Crippen molar-refractivity contribution in [2.24, 2.45) is 0 Å². The first-order valence-corrected chi connectivity index (χ1v) is 8.89. The molecule has 0 radical (unpaired) electrons. The lowest BCUT2D eigenvalue weighted by Crippen LogP contribution is -2.37. The Kier molecular flexibility index (Phi) is 9.60. The largest absolute Gasteiger partial charge is 0.465 e. The molecule has 0 fully saturated rings. The summed E-state index contributed by atoms with van der Waals surface area (Å²) in [5.74, 6) is -1.86. The molecular formula is C12H18F6NO6P. The first kappa shape index (κ1) is 24.7. The van der Waals surface area contributed by atoms with Crippen LogP contribution < -0.4 is 0 Å². The molecule has 0 atom stereocenters. The molecule has 0 bridgehead atoms. The highest BCUT2D eigenvalue weighted by Crippen LogP contribution is 2.50. The van der Waals surface area contributed by atoms with Crippen molar-refractivity contribution in [3.05, 3.63) is 0 Å². The molecule has 0 saturated heterocycles. The third-order valence-electron chi connectivity index (χ3n) is 2.47. The van der Waals surface area contributed by atoms with Crippen molar-refractivity contribution < 1.29 is 54.3 Å². The Bertz CT molecular complexity index is 501. The Morgan fingerprint density at radius 3 is 1.77 bits per heavy atom. The number of halogens is 6. The van der Waals surface area contributed by atoms with Crippen LogP contribution in [0.15, 0.2) is 0 Å². The molecule has 0 aliphatic rings. The molecule has 26 heavy (non-hydrogen) atoms. The summed E-state index contributed by atoms with van der Waals surface area (Å²) in [7, 11) is -5.05. The molecule has 0 aromatic carbocycles. The van der Waals surface area contributed by atoms with Crippen molar-refractivity contribution in [1.29, 1.82) is 0 Å². The van der Waals surface area contributed by atoms with Gasteiger partial charge in [-0.25, -0.2) is 0 Å². The molecule has 0 spiro atoms. The van der Waals surface area contributed by atoms with Gasteiger partial charge in [0.05, 0.1) is 6.61 Å². The summed E-state index contributed by atoms with van der Waals surface area (Å²) in [5, 5.41) is 0. The molecule has 0 aliphatic carbocycles. The molecule has 7 nitrogen and oxygen atoms in total. The third-order valence-corrected chi connectivity index (χ3v) is 4.21. The Morgan fingerprint density at radius 1 is 0.962 bits per heavy atom. The summed E-state index contributed by atoms with van der Waals surface area (Å²) >= 11 is 0. The monoisotopic (exact) mass is 417 g/mol. The SMILES string of the molecule is CCOC(=O)CN(CP(=O)(OCC(F)(F)F)OCC(F)(F)F)C(=O)CC. The lowest BCUT2D eigenvalue weighted by atomic mass is 10.4. The van der Waals surface area contributed by atoms with Gasteiger partial charge in [-0.3, -0.25) is 23.2 Å². The van der Waals surface area contributed by atoms with Crippen LogP contribution in [0, 0.1) is 0 Å². The quantitative estimate of drug-likeness (QED) is 0.309. The second kappa shape index (κ2) is 10.1. The van der Waals surface area contributed by atoms with E-state index in [1.165, 1.54) is 13.8 Å². The number of hydrogen-bond donors (Lipinski definition) is 0. The van der Waals surface area contributed by atoms with Crippen molar-refractivity contribution in [2.75, 3.05) is 32.7 Å². The van der Waals surface area contributed by atoms with Crippen molar-refractivity contribution in [1.82, 2.24) is 4.90 Å². The third kappa shape index (κ3) is 11.3. The van der Waals surface area contributed by atoms with Crippen molar-refractivity contribution in [2.45, 2.75) is 32.6 Å². The van der Waals surface area contributed by atoms with E-state index in [2.05, 4.69) is 13.8 Å². The molecule has 0 heterocycles. The fourth-order valence-corrected chi connectivity index (χ4v) is 3.07. The van der Waals surface area contributed by atoms with Gasteiger partial charge in [-0.05, 0) is 6.92 Å². The number of alkyl halides is 6. The summed E-state index contributed by atoms with van der Waals surface area (Å²) in [6, 6.07) is 0. The fraction of sp³-hybridized carbons (Fsp3) is 0.833. The van der Waals surface area contributed by atoms with E-state index < -0.39 is 57.9 Å². The minimum atomic E-state index is -5.05. The summed E-state index contributed by atoms with van der Waals surface area (Å²) < 4.78 is 98.4. The Hall–Kier alpha value is -1.33. The first-order chi connectivity index (χ1) is 11.7. The Morgan fingerprint density at radius 2 is 1.42 bits per heavy atom. The molecular weight excluding hydrogens is 399 g/mol. The van der Waals surface area contributed by atoms with Crippen LogP contribution in [0.3, 0.4) is 0 Å². The van der Waals surface area contributed by atoms with Crippen LogP contribution in [-0.2, 0) is 27.9 Å². The maximum Gasteiger partial charge on any atom is 0.412 e. The number of amides is 1. The zero-order valence-corrected chi connectivity index (χ0v) is 14.7. The van der Waals surface area contributed by atoms with Crippen LogP contribution in [0.4, 0.5) is 26.3 Å². The molecule has 0 N–H and O–H groups in total. The fourth-order valence-electron chi connectivity index (χ4n) is 1.47. The van der Waals surface area contributed by atoms with Crippen LogP contribution in [-0.4, -0.2) is 61.8 Å². The lowest BCUT2D eigenvalue weighted by Gasteiger charge is -2.27. The number of rotatable bonds is 10. The summed E-state index contributed by atoms with van der Waals surface area (Å²) in [6.07, 6.45) is -11.5. The maximum absolute atomic E-state index is 12.3. The summed E-state index contributed by atoms with van der Waals surface area (Å²) in [5.41, 5.74) is 0. The first-order valence-electron chi connectivity index (χ1n) is 7.16. The zero-order valence-electron chi connectivity index (χ0n) is 13.9. The van der Waals surface area contributed by atoms with E-state index in [0.717, 1.165) is 0 Å². The van der Waals surface area contributed by atoms with E-state index in [4.69, 9.17) is 0 Å². The molecule has 0 aromatic heterocycles. The number of nitrogens with zero attached hydrogens (tertiary/aromatic N) is 1. The second-order valence-electron chi connectivity index (χ2n) is 4.78. The van der Waals surface area contributed by atoms with Crippen LogP contribution in [0.1, 0.15) is 20.3 Å². The minimum Gasteiger partial charge on any atom is -0.465 e. The molecule has 0 rings (SSSR count). The highest BCUT2D eigenvalue weighted by atomic mass is 31.2. The Labute approximate surface area is 145 Å². The molecule has 0 aliphatic heterocycles. The molecule has 0 unspecified atom stereocenters. The summed E-state index contributed by atoms with van der Waals surface area (Å²) in [4.78, 5) is 23.7. The van der Waals surface area contributed by atoms with E-state index in [9.17, 15) is 40.5 Å². The standard InChI is InChI=1S/C12H18F6NO6P/c1-3-9(20)19(5-10(21)23-4-2)8-26(22,24-6-11(13,14)15)25-7-12(16,17)18/h3-8H2,1-2H3. The highest BCUT2D eigenvalue weighted by Gasteiger charge is 2.40. The predicted octanol–water partition coefficient (Wildman–Crippen LogP) is 3.10. The second-order valence-corrected chi connectivity index (χ2v) is 6.80. The number of esters is 1. The molecule has 154 valence electrons. The topological polar surface area (TPSA) is 82.1 Å². The van der Waals surface area contributed by atoms with Gasteiger partial charge in [0.2, 0.25) is 5.91 Å². The van der Waals surface area contributed by atoms with E-state index in [1.807, 2.05) is 0 Å². The van der Waals surface area contributed by atoms with Gasteiger partial charge in [-0.1, -0.05) is 6.92 Å². The molecule has 1 amide bonds. The van der Waals surface area contributed by atoms with E-state index in [0.29, 0.717) is 4.90 Å². The highest BCUT2D eigenvalue weighted by molar-refractivity contribution is 7.53. The van der Waals surface area contributed by atoms with Gasteiger partial charge in [0, 0.05) is 6.42 Å². The average Bonchev–Trinajstić information content (AvgIpc) is 2.49. The van der Waals surface area contributed by atoms with Crippen LogP contribution in [0.2, 0.25) is 0 Å². The molecule has 0 aromatic rings. The summed E-state index contributed by atoms with van der Waals surface area (Å²) in [6.45, 7) is -2.48. The number of carbonyl (C=O) groups is 2.